The van der Waals surface area contributed by atoms with E-state index in [0.29, 0.717) is 5.69 Å². The third-order valence-electron chi connectivity index (χ3n) is 3.64. The zero-order chi connectivity index (χ0) is 20.0. The lowest BCUT2D eigenvalue weighted by Crippen LogP contribution is -1.91. The van der Waals surface area contributed by atoms with Gasteiger partial charge in [0, 0.05) is 25.4 Å². The molecule has 0 aliphatic carbocycles. The molecular weight excluding hydrogens is 254 g/mol. The van der Waals surface area contributed by atoms with E-state index in [9.17, 15) is 0 Å². The zero-order valence-electron chi connectivity index (χ0n) is 18.1. The first-order valence-corrected chi connectivity index (χ1v) is 6.98. The van der Waals surface area contributed by atoms with Crippen molar-refractivity contribution < 1.29 is 8.22 Å². The van der Waals surface area contributed by atoms with Crippen LogP contribution in [0.4, 0.5) is 0 Å². The van der Waals surface area contributed by atoms with E-state index in [1.165, 1.54) is 0 Å². The number of nitrogens with zero attached hydrogens (tertiary/aromatic N) is 1. The SMILES string of the molecule is [2H]C([2H])([2H])c1cc(C)cc(-c2nccc3cc(C(C)C([2H])([2H])[2H])ccc23)c1. The van der Waals surface area contributed by atoms with Crippen LogP contribution in [0.1, 0.15) is 44.6 Å². The van der Waals surface area contributed by atoms with Crippen LogP contribution in [0.2, 0.25) is 0 Å². The van der Waals surface area contributed by atoms with Gasteiger partial charge in [-0.1, -0.05) is 49.2 Å². The summed E-state index contributed by atoms with van der Waals surface area (Å²) in [6, 6.07) is 12.6. The molecule has 0 radical (unpaired) electrons. The Morgan fingerprint density at radius 3 is 2.71 bits per heavy atom. The minimum absolute atomic E-state index is 0.281. The third kappa shape index (κ3) is 2.69. The number of rotatable bonds is 2. The fraction of sp³-hybridized carbons (Fsp3) is 0.250. The molecule has 106 valence electrons. The predicted molar refractivity (Wildman–Crippen MR) is 90.7 cm³/mol. The molecule has 1 unspecified atom stereocenters. The lowest BCUT2D eigenvalue weighted by molar-refractivity contribution is 0.869. The molecule has 0 saturated heterocycles. The van der Waals surface area contributed by atoms with E-state index >= 15 is 0 Å². The average molecular weight is 281 g/mol. The van der Waals surface area contributed by atoms with Crippen molar-refractivity contribution in [2.45, 2.75) is 33.5 Å². The summed E-state index contributed by atoms with van der Waals surface area (Å²) in [7, 11) is 0. The molecule has 3 rings (SSSR count). The Hall–Kier alpha value is -2.15. The standard InChI is InChI=1S/C20H21N/c1-13(2)16-5-6-19-17(12-16)7-8-21-20(19)18-10-14(3)9-15(4)11-18/h5-13H,1-4H3/i1D3,3D3. The molecule has 0 bridgehead atoms. The molecule has 3 aromatic rings. The first kappa shape index (κ1) is 8.33. The van der Waals surface area contributed by atoms with Crippen LogP contribution in [0.3, 0.4) is 0 Å². The lowest BCUT2D eigenvalue weighted by atomic mass is 9.96. The molecular formula is C20H21N. The van der Waals surface area contributed by atoms with Gasteiger partial charge < -0.3 is 0 Å². The van der Waals surface area contributed by atoms with Crippen molar-refractivity contribution in [2.75, 3.05) is 0 Å². The minimum Gasteiger partial charge on any atom is -0.256 e. The van der Waals surface area contributed by atoms with E-state index < -0.39 is 19.6 Å². The van der Waals surface area contributed by atoms with Crippen LogP contribution >= 0.6 is 0 Å². The normalized spacial score (nSPS) is 18.0. The Labute approximate surface area is 135 Å². The summed E-state index contributed by atoms with van der Waals surface area (Å²) in [6.07, 6.45) is 1.67. The largest absolute Gasteiger partial charge is 0.256 e. The van der Waals surface area contributed by atoms with Crippen molar-refractivity contribution in [3.63, 3.8) is 0 Å². The van der Waals surface area contributed by atoms with Gasteiger partial charge in [-0.25, -0.2) is 0 Å². The van der Waals surface area contributed by atoms with Gasteiger partial charge in [0.2, 0.25) is 0 Å². The van der Waals surface area contributed by atoms with Gasteiger partial charge in [-0.3, -0.25) is 4.98 Å². The maximum Gasteiger partial charge on any atom is 0.0780 e. The van der Waals surface area contributed by atoms with Crippen molar-refractivity contribution in [3.8, 4) is 11.3 Å². The van der Waals surface area contributed by atoms with Gasteiger partial charge in [0.1, 0.15) is 0 Å². The van der Waals surface area contributed by atoms with Crippen LogP contribution in [-0.2, 0) is 0 Å². The molecule has 2 aromatic carbocycles. The summed E-state index contributed by atoms with van der Waals surface area (Å²) in [4.78, 5) is 4.47. The molecule has 0 aliphatic heterocycles. The summed E-state index contributed by atoms with van der Waals surface area (Å²) in [6.45, 7) is -0.693. The third-order valence-corrected chi connectivity index (χ3v) is 3.64. The summed E-state index contributed by atoms with van der Waals surface area (Å²) < 4.78 is 46.0. The molecule has 1 heterocycles. The van der Waals surface area contributed by atoms with Crippen LogP contribution in [0.25, 0.3) is 22.0 Å². The molecule has 0 saturated carbocycles. The second-order valence-electron chi connectivity index (χ2n) is 5.45. The Bertz CT molecular complexity index is 988. The number of aryl methyl sites for hydroxylation is 2. The highest BCUT2D eigenvalue weighted by molar-refractivity contribution is 5.95. The average Bonchev–Trinajstić information content (AvgIpc) is 2.58. The van der Waals surface area contributed by atoms with Crippen LogP contribution in [0.5, 0.6) is 0 Å². The lowest BCUT2D eigenvalue weighted by Gasteiger charge is -2.11. The summed E-state index contributed by atoms with van der Waals surface area (Å²) >= 11 is 0. The van der Waals surface area contributed by atoms with E-state index in [2.05, 4.69) is 4.98 Å². The van der Waals surface area contributed by atoms with Gasteiger partial charge >= 0.3 is 0 Å². The van der Waals surface area contributed by atoms with Crippen molar-refractivity contribution in [1.29, 1.82) is 0 Å². The van der Waals surface area contributed by atoms with E-state index in [0.717, 1.165) is 27.5 Å². The van der Waals surface area contributed by atoms with E-state index in [1.807, 2.05) is 37.3 Å². The number of hydrogen-bond acceptors (Lipinski definition) is 1. The quantitative estimate of drug-likeness (QED) is 0.592. The van der Waals surface area contributed by atoms with Gasteiger partial charge in [-0.15, -0.1) is 0 Å². The molecule has 0 fully saturated rings. The molecule has 0 amide bonds. The van der Waals surface area contributed by atoms with Gasteiger partial charge in [0.25, 0.3) is 0 Å². The highest BCUT2D eigenvalue weighted by atomic mass is 14.7. The number of hydrogen-bond donors (Lipinski definition) is 0. The monoisotopic (exact) mass is 281 g/mol. The van der Waals surface area contributed by atoms with Crippen LogP contribution < -0.4 is 0 Å². The second-order valence-corrected chi connectivity index (χ2v) is 5.45. The number of benzene rings is 2. The predicted octanol–water partition coefficient (Wildman–Crippen LogP) is 5.64. The van der Waals surface area contributed by atoms with Crippen LogP contribution in [0, 0.1) is 13.8 Å². The van der Waals surface area contributed by atoms with Crippen molar-refractivity contribution in [1.82, 2.24) is 4.98 Å². The first-order valence-electron chi connectivity index (χ1n) is 9.98. The summed E-state index contributed by atoms with van der Waals surface area (Å²) in [5, 5.41) is 1.74. The number of pyridine rings is 1. The van der Waals surface area contributed by atoms with Gasteiger partial charge in [-0.05, 0) is 48.8 Å². The van der Waals surface area contributed by atoms with Gasteiger partial charge in [0.15, 0.2) is 0 Å². The van der Waals surface area contributed by atoms with Crippen LogP contribution in [0.15, 0.2) is 48.7 Å². The maximum absolute atomic E-state index is 7.69. The summed E-state index contributed by atoms with van der Waals surface area (Å²) in [5.41, 5.74) is 3.30. The van der Waals surface area contributed by atoms with E-state index in [4.69, 9.17) is 8.22 Å². The maximum atomic E-state index is 7.69. The molecule has 0 N–H and O–H groups in total. The van der Waals surface area contributed by atoms with Crippen molar-refractivity contribution >= 4 is 10.8 Å². The van der Waals surface area contributed by atoms with Crippen LogP contribution in [-0.4, -0.2) is 4.98 Å². The molecule has 1 heteroatoms. The van der Waals surface area contributed by atoms with Crippen molar-refractivity contribution in [2.24, 2.45) is 0 Å². The molecule has 1 nitrogen and oxygen atoms in total. The molecule has 21 heavy (non-hydrogen) atoms. The Balaban J connectivity index is 2.16. The fourth-order valence-electron chi connectivity index (χ4n) is 2.62. The van der Waals surface area contributed by atoms with E-state index in [1.54, 1.807) is 25.3 Å². The summed E-state index contributed by atoms with van der Waals surface area (Å²) in [5.74, 6) is -0.570. The minimum atomic E-state index is -2.19. The Morgan fingerprint density at radius 2 is 1.90 bits per heavy atom. The number of fused-ring (bicyclic) bond motifs is 1. The molecule has 1 aromatic heterocycles. The van der Waals surface area contributed by atoms with Gasteiger partial charge in [-0.2, -0.15) is 0 Å². The van der Waals surface area contributed by atoms with Gasteiger partial charge in [0.05, 0.1) is 5.69 Å². The molecule has 1 atom stereocenters. The smallest absolute Gasteiger partial charge is 0.0780 e. The fourth-order valence-corrected chi connectivity index (χ4v) is 2.62. The first-order chi connectivity index (χ1) is 12.5. The zero-order valence-corrected chi connectivity index (χ0v) is 12.1. The van der Waals surface area contributed by atoms with Crippen molar-refractivity contribution in [3.05, 3.63) is 65.4 Å². The number of aromatic nitrogens is 1. The topological polar surface area (TPSA) is 12.9 Å². The Morgan fingerprint density at radius 1 is 1.05 bits per heavy atom. The Kier molecular flexibility index (Phi) is 2.11. The molecule has 0 spiro atoms. The highest BCUT2D eigenvalue weighted by Crippen LogP contribution is 2.29. The highest BCUT2D eigenvalue weighted by Gasteiger charge is 2.08. The second kappa shape index (κ2) is 5.33. The van der Waals surface area contributed by atoms with E-state index in [-0.39, 0.29) is 5.56 Å². The molecule has 0 aliphatic rings.